The number of hydrogen-bond acceptors (Lipinski definition) is 4. The molecular weight excluding hydrogens is 291 g/mol. The Morgan fingerprint density at radius 2 is 1.65 bits per heavy atom. The predicted octanol–water partition coefficient (Wildman–Crippen LogP) is 3.53. The number of esters is 1. The fourth-order valence-corrected chi connectivity index (χ4v) is 2.69. The third kappa shape index (κ3) is 3.78. The van der Waals surface area contributed by atoms with Crippen LogP contribution in [0.25, 0.3) is 0 Å². The molecule has 1 saturated heterocycles. The Labute approximate surface area is 139 Å². The lowest BCUT2D eigenvalue weighted by molar-refractivity contribution is -0.140. The summed E-state index contributed by atoms with van der Waals surface area (Å²) in [7, 11) is 0.940. The fraction of sp³-hybridized carbons (Fsp3) is 0.611. The lowest BCUT2D eigenvalue weighted by Gasteiger charge is -2.32. The normalized spacial score (nSPS) is 20.3. The first-order chi connectivity index (χ1) is 10.7. The Morgan fingerprint density at radius 3 is 2.09 bits per heavy atom. The zero-order valence-corrected chi connectivity index (χ0v) is 15.0. The minimum absolute atomic E-state index is 0.186. The van der Waals surface area contributed by atoms with E-state index in [0.29, 0.717) is 0 Å². The van der Waals surface area contributed by atoms with Crippen molar-refractivity contribution in [1.82, 2.24) is 0 Å². The lowest BCUT2D eigenvalue weighted by atomic mass is 9.66. The van der Waals surface area contributed by atoms with Crippen LogP contribution in [0, 0.1) is 0 Å². The quantitative estimate of drug-likeness (QED) is 0.615. The molecule has 0 saturated carbocycles. The van der Waals surface area contributed by atoms with Gasteiger partial charge in [-0.05, 0) is 45.2 Å². The Kier molecular flexibility index (Phi) is 5.22. The van der Waals surface area contributed by atoms with Gasteiger partial charge in [0.2, 0.25) is 0 Å². The monoisotopic (exact) mass is 318 g/mol. The molecule has 5 heteroatoms. The number of rotatable bonds is 5. The predicted molar refractivity (Wildman–Crippen MR) is 91.3 cm³/mol. The largest absolute Gasteiger partial charge is 0.469 e. The van der Waals surface area contributed by atoms with E-state index in [9.17, 15) is 4.79 Å². The van der Waals surface area contributed by atoms with Gasteiger partial charge in [-0.25, -0.2) is 0 Å². The molecule has 2 rings (SSSR count). The summed E-state index contributed by atoms with van der Waals surface area (Å²) in [4.78, 5) is 11.9. The molecule has 23 heavy (non-hydrogen) atoms. The Bertz CT molecular complexity index is 535. The molecule has 0 N–H and O–H groups in total. The highest BCUT2D eigenvalue weighted by atomic mass is 16.7. The molecule has 1 heterocycles. The number of ether oxygens (including phenoxy) is 1. The topological polar surface area (TPSA) is 44.8 Å². The van der Waals surface area contributed by atoms with E-state index in [1.807, 2.05) is 27.7 Å². The molecule has 4 nitrogen and oxygen atoms in total. The van der Waals surface area contributed by atoms with Gasteiger partial charge in [0.05, 0.1) is 24.7 Å². The summed E-state index contributed by atoms with van der Waals surface area (Å²) in [5.74, 6) is -0.446. The Hall–Kier alpha value is -1.33. The number of benzene rings is 1. The summed E-state index contributed by atoms with van der Waals surface area (Å²) >= 11 is 0. The van der Waals surface area contributed by atoms with Crippen molar-refractivity contribution in [2.45, 2.75) is 64.5 Å². The van der Waals surface area contributed by atoms with Crippen LogP contribution in [-0.4, -0.2) is 31.4 Å². The van der Waals surface area contributed by atoms with Crippen LogP contribution in [0.5, 0.6) is 0 Å². The van der Waals surface area contributed by atoms with Gasteiger partial charge < -0.3 is 14.0 Å². The van der Waals surface area contributed by atoms with Gasteiger partial charge >= 0.3 is 13.1 Å². The maximum atomic E-state index is 11.9. The summed E-state index contributed by atoms with van der Waals surface area (Å²) in [6, 6.07) is 8.28. The smallest absolute Gasteiger partial charge is 0.466 e. The Morgan fingerprint density at radius 1 is 1.13 bits per heavy atom. The SMILES string of the molecule is CCc1ccc(C(CC(=O)OC)B2OC(C)(C)C(C)(C)O2)cc1. The molecule has 1 unspecified atom stereocenters. The van der Waals surface area contributed by atoms with Gasteiger partial charge in [-0.3, -0.25) is 4.79 Å². The first kappa shape index (κ1) is 18.0. The first-order valence-corrected chi connectivity index (χ1v) is 8.21. The van der Waals surface area contributed by atoms with Crippen molar-refractivity contribution in [3.8, 4) is 0 Å². The standard InChI is InChI=1S/C18H27BO4/c1-7-13-8-10-14(11-9-13)15(12-16(20)21-6)19-22-17(2,3)18(4,5)23-19/h8-11,15H,7,12H2,1-6H3. The third-order valence-electron chi connectivity index (χ3n) is 5.03. The first-order valence-electron chi connectivity index (χ1n) is 8.21. The van der Waals surface area contributed by atoms with E-state index in [2.05, 4.69) is 31.2 Å². The molecule has 1 aromatic carbocycles. The molecule has 126 valence electrons. The second-order valence-corrected chi connectivity index (χ2v) is 7.11. The van der Waals surface area contributed by atoms with E-state index in [0.717, 1.165) is 12.0 Å². The molecule has 0 spiro atoms. The van der Waals surface area contributed by atoms with Crippen LogP contribution in [-0.2, 0) is 25.3 Å². The third-order valence-corrected chi connectivity index (χ3v) is 5.03. The van der Waals surface area contributed by atoms with E-state index in [-0.39, 0.29) is 18.2 Å². The van der Waals surface area contributed by atoms with Crippen molar-refractivity contribution in [2.75, 3.05) is 7.11 Å². The van der Waals surface area contributed by atoms with Crippen LogP contribution in [0.1, 0.15) is 58.0 Å². The summed E-state index contributed by atoms with van der Waals surface area (Å²) < 4.78 is 17.2. The minimum atomic E-state index is -0.466. The van der Waals surface area contributed by atoms with Crippen LogP contribution in [0.4, 0.5) is 0 Å². The van der Waals surface area contributed by atoms with Gasteiger partial charge in [-0.15, -0.1) is 0 Å². The van der Waals surface area contributed by atoms with Gasteiger partial charge in [0, 0.05) is 5.82 Å². The van der Waals surface area contributed by atoms with Gasteiger partial charge in [0.1, 0.15) is 0 Å². The van der Waals surface area contributed by atoms with Crippen molar-refractivity contribution in [1.29, 1.82) is 0 Å². The second-order valence-electron chi connectivity index (χ2n) is 7.11. The molecule has 1 aliphatic heterocycles. The summed E-state index contributed by atoms with van der Waals surface area (Å²) in [5, 5.41) is 0. The van der Waals surface area contributed by atoms with E-state index >= 15 is 0 Å². The van der Waals surface area contributed by atoms with Crippen molar-refractivity contribution >= 4 is 13.1 Å². The zero-order valence-electron chi connectivity index (χ0n) is 15.0. The molecule has 0 amide bonds. The van der Waals surface area contributed by atoms with E-state index < -0.39 is 18.3 Å². The average Bonchev–Trinajstić information content (AvgIpc) is 2.72. The van der Waals surface area contributed by atoms with Crippen LogP contribution >= 0.6 is 0 Å². The summed E-state index contributed by atoms with van der Waals surface area (Å²) in [5.41, 5.74) is 1.45. The van der Waals surface area contributed by atoms with Gasteiger partial charge in [0.15, 0.2) is 0 Å². The molecule has 0 aliphatic carbocycles. The molecule has 0 radical (unpaired) electrons. The number of methoxy groups -OCH3 is 1. The van der Waals surface area contributed by atoms with E-state index in [1.54, 1.807) is 0 Å². The van der Waals surface area contributed by atoms with E-state index in [1.165, 1.54) is 12.7 Å². The molecule has 1 fully saturated rings. The van der Waals surface area contributed by atoms with Gasteiger partial charge in [-0.1, -0.05) is 31.2 Å². The minimum Gasteiger partial charge on any atom is -0.469 e. The molecule has 1 aromatic rings. The number of carbonyl (C=O) groups excluding carboxylic acids is 1. The molecular formula is C18H27BO4. The van der Waals surface area contributed by atoms with Crippen molar-refractivity contribution in [3.05, 3.63) is 35.4 Å². The highest BCUT2D eigenvalue weighted by Crippen LogP contribution is 2.41. The summed E-state index contributed by atoms with van der Waals surface area (Å²) in [6.07, 6.45) is 1.22. The van der Waals surface area contributed by atoms with Gasteiger partial charge in [-0.2, -0.15) is 0 Å². The lowest BCUT2D eigenvalue weighted by Crippen LogP contribution is -2.41. The maximum absolute atomic E-state index is 11.9. The van der Waals surface area contributed by atoms with Crippen LogP contribution in [0.15, 0.2) is 24.3 Å². The van der Waals surface area contributed by atoms with Crippen LogP contribution < -0.4 is 0 Å². The second kappa shape index (κ2) is 6.66. The molecule has 1 atom stereocenters. The zero-order chi connectivity index (χ0) is 17.3. The summed E-state index contributed by atoms with van der Waals surface area (Å²) in [6.45, 7) is 10.2. The van der Waals surface area contributed by atoms with Crippen molar-refractivity contribution in [3.63, 3.8) is 0 Å². The fourth-order valence-electron chi connectivity index (χ4n) is 2.69. The van der Waals surface area contributed by atoms with Crippen LogP contribution in [0.3, 0.4) is 0 Å². The van der Waals surface area contributed by atoms with Crippen LogP contribution in [0.2, 0.25) is 0 Å². The molecule has 0 bridgehead atoms. The number of hydrogen-bond donors (Lipinski definition) is 0. The molecule has 1 aliphatic rings. The van der Waals surface area contributed by atoms with E-state index in [4.69, 9.17) is 14.0 Å². The highest BCUT2D eigenvalue weighted by molar-refractivity contribution is 6.48. The van der Waals surface area contributed by atoms with Crippen molar-refractivity contribution < 1.29 is 18.8 Å². The Balaban J connectivity index is 2.29. The highest BCUT2D eigenvalue weighted by Gasteiger charge is 2.54. The number of aryl methyl sites for hydroxylation is 1. The van der Waals surface area contributed by atoms with Crippen molar-refractivity contribution in [2.24, 2.45) is 0 Å². The average molecular weight is 318 g/mol. The van der Waals surface area contributed by atoms with Gasteiger partial charge in [0.25, 0.3) is 0 Å². The molecule has 0 aromatic heterocycles. The number of carbonyl (C=O) groups is 1. The maximum Gasteiger partial charge on any atom is 0.466 e.